The summed E-state index contributed by atoms with van der Waals surface area (Å²) in [6.45, 7) is 0. The Morgan fingerprint density at radius 2 is 2.50 bits per heavy atom. The van der Waals surface area contributed by atoms with Crippen molar-refractivity contribution in [1.29, 1.82) is 5.26 Å². The molecule has 0 radical (unpaired) electrons. The molecule has 0 heterocycles. The largest absolute Gasteiger partial charge is 0.469 e. The lowest BCUT2D eigenvalue weighted by Gasteiger charge is -1.94. The van der Waals surface area contributed by atoms with E-state index in [0.717, 1.165) is 11.8 Å². The second-order valence-corrected chi connectivity index (χ2v) is 2.50. The number of nitrogens with zero attached hydrogens (tertiary/aromatic N) is 1. The summed E-state index contributed by atoms with van der Waals surface area (Å²) in [4.78, 5) is 10.5. The predicted molar refractivity (Wildman–Crippen MR) is 39.3 cm³/mol. The van der Waals surface area contributed by atoms with Gasteiger partial charge < -0.3 is 4.74 Å². The Bertz CT molecular complexity index is 141. The van der Waals surface area contributed by atoms with Gasteiger partial charge in [0.2, 0.25) is 0 Å². The van der Waals surface area contributed by atoms with E-state index in [-0.39, 0.29) is 5.97 Å². The number of ether oxygens (including phenoxy) is 1. The van der Waals surface area contributed by atoms with Crippen LogP contribution in [0.3, 0.4) is 0 Å². The fourth-order valence-electron chi connectivity index (χ4n) is 0.436. The van der Waals surface area contributed by atoms with Crippen LogP contribution in [0, 0.1) is 10.7 Å². The molecule has 0 amide bonds. The maximum absolute atomic E-state index is 10.5. The number of hydrogen-bond acceptors (Lipinski definition) is 4. The number of rotatable bonds is 4. The summed E-state index contributed by atoms with van der Waals surface area (Å²) < 4.78 is 4.40. The summed E-state index contributed by atoms with van der Waals surface area (Å²) in [5.41, 5.74) is 0. The van der Waals surface area contributed by atoms with Crippen LogP contribution in [0.2, 0.25) is 0 Å². The van der Waals surface area contributed by atoms with Crippen molar-refractivity contribution in [3.8, 4) is 5.40 Å². The predicted octanol–water partition coefficient (Wildman–Crippen LogP) is 1.15. The molecule has 0 fully saturated rings. The normalized spacial score (nSPS) is 8.40. The molecule has 10 heavy (non-hydrogen) atoms. The first-order valence-corrected chi connectivity index (χ1v) is 3.87. The molecule has 0 aromatic heterocycles. The Hall–Kier alpha value is -0.690. The zero-order valence-electron chi connectivity index (χ0n) is 5.79. The third-order valence-electron chi connectivity index (χ3n) is 0.920. The molecule has 4 heteroatoms. The van der Waals surface area contributed by atoms with Crippen LogP contribution in [-0.4, -0.2) is 18.8 Å². The van der Waals surface area contributed by atoms with Gasteiger partial charge in [-0.15, -0.1) is 0 Å². The van der Waals surface area contributed by atoms with Crippen molar-refractivity contribution in [3.05, 3.63) is 0 Å². The fourth-order valence-corrected chi connectivity index (χ4v) is 0.816. The first-order chi connectivity index (χ1) is 4.81. The van der Waals surface area contributed by atoms with Crippen LogP contribution in [0.15, 0.2) is 0 Å². The Labute approximate surface area is 64.4 Å². The van der Waals surface area contributed by atoms with E-state index in [1.165, 1.54) is 7.11 Å². The molecule has 0 saturated heterocycles. The molecular weight excluding hydrogens is 150 g/mol. The monoisotopic (exact) mass is 159 g/mol. The topological polar surface area (TPSA) is 50.1 Å². The third kappa shape index (κ3) is 5.45. The number of thioether (sulfide) groups is 1. The van der Waals surface area contributed by atoms with Crippen LogP contribution in [-0.2, 0) is 9.53 Å². The average molecular weight is 159 g/mol. The van der Waals surface area contributed by atoms with Crippen molar-refractivity contribution in [3.63, 3.8) is 0 Å². The number of thiocyanates is 1. The molecule has 3 nitrogen and oxygen atoms in total. The molecule has 0 N–H and O–H groups in total. The molecule has 56 valence electrons. The number of hydrogen-bond donors (Lipinski definition) is 0. The molecule has 0 aliphatic heterocycles. The van der Waals surface area contributed by atoms with Gasteiger partial charge in [-0.25, -0.2) is 0 Å². The minimum atomic E-state index is -0.210. The molecule has 0 bridgehead atoms. The number of carbonyl (C=O) groups excluding carboxylic acids is 1. The van der Waals surface area contributed by atoms with E-state index in [1.807, 2.05) is 5.40 Å². The van der Waals surface area contributed by atoms with E-state index >= 15 is 0 Å². The van der Waals surface area contributed by atoms with Crippen LogP contribution in [0.5, 0.6) is 0 Å². The molecule has 0 aliphatic carbocycles. The minimum absolute atomic E-state index is 0.210. The van der Waals surface area contributed by atoms with E-state index in [9.17, 15) is 4.79 Å². The maximum Gasteiger partial charge on any atom is 0.305 e. The molecule has 0 aromatic carbocycles. The van der Waals surface area contributed by atoms with Crippen molar-refractivity contribution < 1.29 is 9.53 Å². The Morgan fingerprint density at radius 3 is 3.00 bits per heavy atom. The number of esters is 1. The van der Waals surface area contributed by atoms with Gasteiger partial charge in [-0.2, -0.15) is 5.26 Å². The highest BCUT2D eigenvalue weighted by atomic mass is 32.2. The lowest BCUT2D eigenvalue weighted by Crippen LogP contribution is -1.99. The summed E-state index contributed by atoms with van der Waals surface area (Å²) in [5.74, 6) is 0.490. The van der Waals surface area contributed by atoms with Crippen LogP contribution in [0.1, 0.15) is 12.8 Å². The lowest BCUT2D eigenvalue weighted by molar-refractivity contribution is -0.140. The number of methoxy groups -OCH3 is 1. The third-order valence-corrected chi connectivity index (χ3v) is 1.54. The molecule has 0 unspecified atom stereocenters. The molecule has 0 atom stereocenters. The van der Waals surface area contributed by atoms with Gasteiger partial charge in [0.1, 0.15) is 5.40 Å². The number of nitriles is 1. The molecule has 0 aliphatic rings. The zero-order valence-corrected chi connectivity index (χ0v) is 6.61. The van der Waals surface area contributed by atoms with Gasteiger partial charge >= 0.3 is 5.97 Å². The Balaban J connectivity index is 3.05. The maximum atomic E-state index is 10.5. The Kier molecular flexibility index (Phi) is 5.99. The van der Waals surface area contributed by atoms with Gasteiger partial charge in [0.15, 0.2) is 0 Å². The van der Waals surface area contributed by atoms with E-state index in [4.69, 9.17) is 5.26 Å². The van der Waals surface area contributed by atoms with E-state index < -0.39 is 0 Å². The zero-order chi connectivity index (χ0) is 7.82. The minimum Gasteiger partial charge on any atom is -0.469 e. The van der Waals surface area contributed by atoms with Crippen LogP contribution in [0.25, 0.3) is 0 Å². The van der Waals surface area contributed by atoms with Crippen LogP contribution >= 0.6 is 11.8 Å². The molecule has 0 aromatic rings. The first-order valence-electron chi connectivity index (χ1n) is 2.89. The average Bonchev–Trinajstić information content (AvgIpc) is 1.98. The summed E-state index contributed by atoms with van der Waals surface area (Å²) in [6.07, 6.45) is 1.12. The van der Waals surface area contributed by atoms with Gasteiger partial charge in [-0.3, -0.25) is 4.79 Å². The molecule has 0 saturated carbocycles. The summed E-state index contributed by atoms with van der Waals surface area (Å²) >= 11 is 1.16. The van der Waals surface area contributed by atoms with Crippen LogP contribution < -0.4 is 0 Å². The number of carbonyl (C=O) groups is 1. The van der Waals surface area contributed by atoms with Crippen molar-refractivity contribution in [2.45, 2.75) is 12.8 Å². The highest BCUT2D eigenvalue weighted by molar-refractivity contribution is 8.03. The van der Waals surface area contributed by atoms with E-state index in [1.54, 1.807) is 0 Å². The lowest BCUT2D eigenvalue weighted by atomic mass is 10.3. The van der Waals surface area contributed by atoms with Crippen molar-refractivity contribution in [2.24, 2.45) is 0 Å². The SMILES string of the molecule is COC(=O)CCCSC#N. The van der Waals surface area contributed by atoms with Gasteiger partial charge in [-0.05, 0) is 18.2 Å². The molecular formula is C6H9NO2S. The van der Waals surface area contributed by atoms with Gasteiger partial charge in [0.05, 0.1) is 7.11 Å². The van der Waals surface area contributed by atoms with Gasteiger partial charge in [0, 0.05) is 12.2 Å². The van der Waals surface area contributed by atoms with E-state index in [0.29, 0.717) is 18.6 Å². The summed E-state index contributed by atoms with van der Waals surface area (Å²) in [7, 11) is 1.36. The highest BCUT2D eigenvalue weighted by Gasteiger charge is 1.97. The van der Waals surface area contributed by atoms with Crippen LogP contribution in [0.4, 0.5) is 0 Å². The second-order valence-electron chi connectivity index (χ2n) is 1.62. The van der Waals surface area contributed by atoms with Crippen molar-refractivity contribution in [1.82, 2.24) is 0 Å². The smallest absolute Gasteiger partial charge is 0.305 e. The molecule has 0 spiro atoms. The fraction of sp³-hybridized carbons (Fsp3) is 0.667. The highest BCUT2D eigenvalue weighted by Crippen LogP contribution is 2.01. The second kappa shape index (κ2) is 6.43. The Morgan fingerprint density at radius 1 is 1.80 bits per heavy atom. The molecule has 0 rings (SSSR count). The van der Waals surface area contributed by atoms with Crippen molar-refractivity contribution in [2.75, 3.05) is 12.9 Å². The van der Waals surface area contributed by atoms with E-state index in [2.05, 4.69) is 4.74 Å². The van der Waals surface area contributed by atoms with Crippen molar-refractivity contribution >= 4 is 17.7 Å². The standard InChI is InChI=1S/C6H9NO2S/c1-9-6(8)3-2-4-10-5-7/h2-4H2,1H3. The quantitative estimate of drug-likeness (QED) is 0.351. The van der Waals surface area contributed by atoms with Gasteiger partial charge in [-0.1, -0.05) is 0 Å². The van der Waals surface area contributed by atoms with Gasteiger partial charge in [0.25, 0.3) is 0 Å². The summed E-state index contributed by atoms with van der Waals surface area (Å²) in [5, 5.41) is 10.0. The first kappa shape index (κ1) is 9.31. The summed E-state index contributed by atoms with van der Waals surface area (Å²) in [6, 6.07) is 0.